The number of benzene rings is 1. The first-order valence-electron chi connectivity index (χ1n) is 5.32. The molecule has 3 aromatic rings. The van der Waals surface area contributed by atoms with Crippen LogP contribution in [0.1, 0.15) is 14.6 Å². The number of hydrogen-bond donors (Lipinski definition) is 0. The van der Waals surface area contributed by atoms with Crippen molar-refractivity contribution in [3.05, 3.63) is 54.7 Å². The standard InChI is InChI=1S/C13H6Br2ClFS2/c14-12(11-5-8(16)13(15)19-11)10-3-6-1-2-7(17)4-9(6)18-10/h1-5,12H. The second-order valence-corrected chi connectivity index (χ2v) is 8.80. The van der Waals surface area contributed by atoms with Gasteiger partial charge in [0.05, 0.1) is 13.6 Å². The van der Waals surface area contributed by atoms with E-state index in [1.165, 1.54) is 6.07 Å². The van der Waals surface area contributed by atoms with Crippen molar-refractivity contribution in [2.24, 2.45) is 0 Å². The van der Waals surface area contributed by atoms with E-state index in [9.17, 15) is 4.39 Å². The van der Waals surface area contributed by atoms with Gasteiger partial charge in [-0.25, -0.2) is 4.39 Å². The zero-order valence-corrected chi connectivity index (χ0v) is 14.9. The smallest absolute Gasteiger partial charge is 0.124 e. The van der Waals surface area contributed by atoms with Crippen molar-refractivity contribution >= 4 is 76.2 Å². The first kappa shape index (κ1) is 14.0. The first-order chi connectivity index (χ1) is 9.04. The van der Waals surface area contributed by atoms with Crippen LogP contribution in [0.3, 0.4) is 0 Å². The van der Waals surface area contributed by atoms with Crippen molar-refractivity contribution in [3.8, 4) is 0 Å². The van der Waals surface area contributed by atoms with Crippen LogP contribution in [-0.4, -0.2) is 0 Å². The molecule has 1 unspecified atom stereocenters. The number of halogens is 4. The second-order valence-electron chi connectivity index (χ2n) is 3.96. The predicted molar refractivity (Wildman–Crippen MR) is 89.6 cm³/mol. The third-order valence-corrected chi connectivity index (χ3v) is 7.96. The van der Waals surface area contributed by atoms with Gasteiger partial charge in [0.1, 0.15) is 5.82 Å². The Balaban J connectivity index is 2.03. The van der Waals surface area contributed by atoms with Gasteiger partial charge in [0, 0.05) is 14.5 Å². The average molecular weight is 441 g/mol. The van der Waals surface area contributed by atoms with Gasteiger partial charge in [-0.2, -0.15) is 0 Å². The fraction of sp³-hybridized carbons (Fsp3) is 0.0769. The lowest BCUT2D eigenvalue weighted by atomic mass is 10.2. The van der Waals surface area contributed by atoms with Gasteiger partial charge in [0.15, 0.2) is 0 Å². The van der Waals surface area contributed by atoms with Crippen molar-refractivity contribution < 1.29 is 4.39 Å². The van der Waals surface area contributed by atoms with Crippen molar-refractivity contribution in [2.45, 2.75) is 4.83 Å². The van der Waals surface area contributed by atoms with Gasteiger partial charge >= 0.3 is 0 Å². The van der Waals surface area contributed by atoms with E-state index >= 15 is 0 Å². The highest BCUT2D eigenvalue weighted by atomic mass is 79.9. The monoisotopic (exact) mass is 438 g/mol. The van der Waals surface area contributed by atoms with E-state index in [1.807, 2.05) is 12.1 Å². The topological polar surface area (TPSA) is 0 Å². The summed E-state index contributed by atoms with van der Waals surface area (Å²) < 4.78 is 15.1. The van der Waals surface area contributed by atoms with Crippen LogP contribution >= 0.6 is 66.1 Å². The van der Waals surface area contributed by atoms with Crippen LogP contribution in [0.2, 0.25) is 5.02 Å². The molecule has 6 heteroatoms. The summed E-state index contributed by atoms with van der Waals surface area (Å²) in [7, 11) is 0. The Bertz CT molecular complexity index is 731. The number of fused-ring (bicyclic) bond motifs is 1. The van der Waals surface area contributed by atoms with Gasteiger partial charge < -0.3 is 0 Å². The molecule has 0 amide bonds. The minimum absolute atomic E-state index is 0.0850. The Hall–Kier alpha value is 0.0600. The Morgan fingerprint density at radius 1 is 1.11 bits per heavy atom. The van der Waals surface area contributed by atoms with Crippen molar-refractivity contribution in [1.82, 2.24) is 0 Å². The third-order valence-electron chi connectivity index (χ3n) is 2.66. The van der Waals surface area contributed by atoms with Gasteiger partial charge in [-0.1, -0.05) is 33.6 Å². The predicted octanol–water partition coefficient (Wildman–Crippen LogP) is 7.00. The molecule has 0 saturated heterocycles. The van der Waals surface area contributed by atoms with E-state index in [0.717, 1.165) is 28.6 Å². The van der Waals surface area contributed by atoms with Gasteiger partial charge in [-0.3, -0.25) is 0 Å². The van der Waals surface area contributed by atoms with E-state index in [-0.39, 0.29) is 10.6 Å². The summed E-state index contributed by atoms with van der Waals surface area (Å²) >= 11 is 16.4. The Morgan fingerprint density at radius 2 is 1.84 bits per heavy atom. The molecule has 0 saturated carbocycles. The maximum absolute atomic E-state index is 13.2. The van der Waals surface area contributed by atoms with E-state index in [4.69, 9.17) is 11.6 Å². The van der Waals surface area contributed by atoms with Crippen LogP contribution in [0.5, 0.6) is 0 Å². The molecule has 2 heterocycles. The number of thiophene rings is 2. The molecular weight excluding hydrogens is 435 g/mol. The van der Waals surface area contributed by atoms with Crippen LogP contribution in [0.25, 0.3) is 10.1 Å². The maximum Gasteiger partial charge on any atom is 0.124 e. The molecule has 2 aromatic heterocycles. The molecule has 0 N–H and O–H groups in total. The molecule has 3 rings (SSSR count). The molecule has 0 radical (unpaired) electrons. The first-order valence-corrected chi connectivity index (χ1v) is 9.04. The molecule has 19 heavy (non-hydrogen) atoms. The molecule has 1 atom stereocenters. The fourth-order valence-corrected chi connectivity index (χ4v) is 5.51. The SMILES string of the molecule is Fc1ccc2cc(C(Br)c3cc(Cl)c(Br)s3)sc2c1. The van der Waals surface area contributed by atoms with Crippen LogP contribution in [-0.2, 0) is 0 Å². The number of rotatable bonds is 2. The minimum atomic E-state index is -0.200. The lowest BCUT2D eigenvalue weighted by molar-refractivity contribution is 0.630. The normalized spacial score (nSPS) is 13.1. The minimum Gasteiger partial charge on any atom is -0.207 e. The van der Waals surface area contributed by atoms with Gasteiger partial charge in [-0.15, -0.1) is 22.7 Å². The second kappa shape index (κ2) is 5.45. The zero-order valence-electron chi connectivity index (χ0n) is 9.29. The lowest BCUT2D eigenvalue weighted by Crippen LogP contribution is -1.83. The summed E-state index contributed by atoms with van der Waals surface area (Å²) in [4.78, 5) is 2.36. The van der Waals surface area contributed by atoms with Crippen LogP contribution in [0.15, 0.2) is 34.1 Å². The van der Waals surface area contributed by atoms with E-state index < -0.39 is 0 Å². The van der Waals surface area contributed by atoms with E-state index in [1.54, 1.807) is 28.7 Å². The lowest BCUT2D eigenvalue weighted by Gasteiger charge is -2.03. The molecular formula is C13H6Br2ClFS2. The fourth-order valence-electron chi connectivity index (χ4n) is 1.78. The zero-order chi connectivity index (χ0) is 13.6. The maximum atomic E-state index is 13.2. The van der Waals surface area contributed by atoms with Crippen molar-refractivity contribution in [1.29, 1.82) is 0 Å². The summed E-state index contributed by atoms with van der Waals surface area (Å²) in [6.07, 6.45) is 0. The largest absolute Gasteiger partial charge is 0.207 e. The number of alkyl halides is 1. The van der Waals surface area contributed by atoms with Crippen molar-refractivity contribution in [3.63, 3.8) is 0 Å². The van der Waals surface area contributed by atoms with Gasteiger partial charge in [0.2, 0.25) is 0 Å². The number of hydrogen-bond acceptors (Lipinski definition) is 2. The molecule has 98 valence electrons. The summed E-state index contributed by atoms with van der Waals surface area (Å²) in [5, 5.41) is 1.78. The summed E-state index contributed by atoms with van der Waals surface area (Å²) in [6.45, 7) is 0. The molecule has 0 bridgehead atoms. The summed E-state index contributed by atoms with van der Waals surface area (Å²) in [5.74, 6) is -0.200. The Kier molecular flexibility index (Phi) is 4.02. The van der Waals surface area contributed by atoms with E-state index in [2.05, 4.69) is 37.9 Å². The molecule has 0 aliphatic carbocycles. The molecule has 0 aliphatic rings. The molecule has 0 spiro atoms. The highest BCUT2D eigenvalue weighted by molar-refractivity contribution is 9.11. The van der Waals surface area contributed by atoms with Crippen LogP contribution < -0.4 is 0 Å². The molecule has 1 aromatic carbocycles. The highest BCUT2D eigenvalue weighted by Gasteiger charge is 2.17. The van der Waals surface area contributed by atoms with E-state index in [0.29, 0.717) is 0 Å². The van der Waals surface area contributed by atoms with Crippen molar-refractivity contribution in [2.75, 3.05) is 0 Å². The Labute approximate surface area is 139 Å². The summed E-state index contributed by atoms with van der Waals surface area (Å²) in [6, 6.07) is 8.89. The highest BCUT2D eigenvalue weighted by Crippen LogP contribution is 2.44. The average Bonchev–Trinajstić information content (AvgIpc) is 2.92. The van der Waals surface area contributed by atoms with Gasteiger partial charge in [0.25, 0.3) is 0 Å². The van der Waals surface area contributed by atoms with Crippen LogP contribution in [0.4, 0.5) is 4.39 Å². The van der Waals surface area contributed by atoms with Gasteiger partial charge in [-0.05, 0) is 45.6 Å². The molecule has 0 fully saturated rings. The Morgan fingerprint density at radius 3 is 2.53 bits per heavy atom. The van der Waals surface area contributed by atoms with Crippen LogP contribution in [0, 0.1) is 5.82 Å². The quantitative estimate of drug-likeness (QED) is 0.376. The third kappa shape index (κ3) is 2.76. The molecule has 0 aliphatic heterocycles. The summed E-state index contributed by atoms with van der Waals surface area (Å²) in [5.41, 5.74) is 0. The molecule has 0 nitrogen and oxygen atoms in total.